The van der Waals surface area contributed by atoms with E-state index < -0.39 is 15.3 Å². The number of anilines is 1. The van der Waals surface area contributed by atoms with Gasteiger partial charge in [-0.2, -0.15) is 4.31 Å². The first-order valence-electron chi connectivity index (χ1n) is 14.5. The highest BCUT2D eigenvalue weighted by Crippen LogP contribution is 2.35. The molecular weight excluding hydrogens is 613 g/mol. The van der Waals surface area contributed by atoms with Crippen molar-refractivity contribution >= 4 is 44.4 Å². The van der Waals surface area contributed by atoms with Crippen LogP contribution in [-0.2, 0) is 21.9 Å². The molecule has 2 heterocycles. The number of carbonyl (C=O) groups is 1. The van der Waals surface area contributed by atoms with Crippen molar-refractivity contribution in [3.05, 3.63) is 88.8 Å². The first kappa shape index (κ1) is 32.1. The molecule has 45 heavy (non-hydrogen) atoms. The number of sulfonamides is 1. The number of para-hydroxylation sites is 3. The van der Waals surface area contributed by atoms with E-state index in [4.69, 9.17) is 9.72 Å². The number of ether oxygens (including phenoxy) is 1. The van der Waals surface area contributed by atoms with E-state index >= 15 is 0 Å². The Bertz CT molecular complexity index is 2030. The van der Waals surface area contributed by atoms with E-state index in [1.807, 2.05) is 59.2 Å². The summed E-state index contributed by atoms with van der Waals surface area (Å²) in [5, 5.41) is 2.62. The number of carbonyl (C=O) groups excluding carboxylic acids is 1. The maximum Gasteiger partial charge on any atom is 0.295 e. The molecule has 13 heteroatoms. The Morgan fingerprint density at radius 2 is 1.71 bits per heavy atom. The second-order valence-electron chi connectivity index (χ2n) is 10.3. The molecule has 0 aliphatic rings. The average molecular weight is 649 g/mol. The zero-order chi connectivity index (χ0) is 32.5. The van der Waals surface area contributed by atoms with Crippen LogP contribution in [-0.4, -0.2) is 63.0 Å². The van der Waals surface area contributed by atoms with Crippen LogP contribution in [0.4, 0.5) is 5.69 Å². The fraction of sp³-hybridized carbons (Fsp3) is 0.281. The van der Waals surface area contributed by atoms with E-state index in [1.165, 1.54) is 20.7 Å². The number of aromatic nitrogens is 4. The van der Waals surface area contributed by atoms with E-state index in [1.54, 1.807) is 64.7 Å². The molecule has 5 rings (SSSR count). The van der Waals surface area contributed by atoms with Crippen LogP contribution in [0.1, 0.15) is 26.5 Å². The number of fused-ring (bicyclic) bond motifs is 1. The highest BCUT2D eigenvalue weighted by molar-refractivity contribution is 8.00. The molecule has 236 valence electrons. The summed E-state index contributed by atoms with van der Waals surface area (Å²) in [5.74, 6) is 0.200. The van der Waals surface area contributed by atoms with Gasteiger partial charge in [-0.1, -0.05) is 55.9 Å². The lowest BCUT2D eigenvalue weighted by Gasteiger charge is -2.18. The van der Waals surface area contributed by atoms with Gasteiger partial charge in [-0.3, -0.25) is 18.8 Å². The van der Waals surface area contributed by atoms with Crippen LogP contribution >= 0.6 is 11.8 Å². The van der Waals surface area contributed by atoms with Crippen molar-refractivity contribution in [2.75, 3.05) is 25.5 Å². The van der Waals surface area contributed by atoms with Gasteiger partial charge in [0.25, 0.3) is 5.56 Å². The minimum Gasteiger partial charge on any atom is -0.495 e. The van der Waals surface area contributed by atoms with Crippen LogP contribution < -0.4 is 15.6 Å². The number of methoxy groups -OCH3 is 1. The third kappa shape index (κ3) is 5.90. The largest absolute Gasteiger partial charge is 0.495 e. The molecule has 3 aromatic carbocycles. The summed E-state index contributed by atoms with van der Waals surface area (Å²) < 4.78 is 38.7. The number of rotatable bonds is 11. The van der Waals surface area contributed by atoms with E-state index in [9.17, 15) is 18.0 Å². The van der Waals surface area contributed by atoms with E-state index in [-0.39, 0.29) is 22.0 Å². The molecule has 2 aromatic heterocycles. The molecule has 0 radical (unpaired) electrons. The summed E-state index contributed by atoms with van der Waals surface area (Å²) in [7, 11) is -0.385. The van der Waals surface area contributed by atoms with Crippen molar-refractivity contribution < 1.29 is 17.9 Å². The van der Waals surface area contributed by atoms with Crippen LogP contribution in [0.3, 0.4) is 0 Å². The Hall–Kier alpha value is -4.33. The fourth-order valence-corrected chi connectivity index (χ4v) is 7.60. The Morgan fingerprint density at radius 3 is 2.38 bits per heavy atom. The van der Waals surface area contributed by atoms with Gasteiger partial charge in [0, 0.05) is 20.1 Å². The SMILES string of the molecule is CCN(CC)S(=O)(=O)c1ccc2c(c1)nc(SC(C)C(=O)Nc1c(C)n(C)n(-c3ccccc3)c1=O)n2-c1ccccc1OC. The van der Waals surface area contributed by atoms with Gasteiger partial charge in [0.2, 0.25) is 15.9 Å². The first-order valence-corrected chi connectivity index (χ1v) is 16.8. The van der Waals surface area contributed by atoms with Crippen LogP contribution in [0.25, 0.3) is 22.4 Å². The number of thioether (sulfide) groups is 1. The first-order chi connectivity index (χ1) is 21.5. The van der Waals surface area contributed by atoms with Crippen molar-refractivity contribution in [2.45, 2.75) is 43.0 Å². The standard InChI is InChI=1S/C32H36N6O5S2/c1-7-36(8-2)45(41,42)24-18-19-26-25(20-24)33-32(37(26)27-16-12-13-17-28(27)43-6)44-22(4)30(39)34-29-21(3)35(5)38(31(29)40)23-14-10-9-11-15-23/h9-20,22H,7-8H2,1-6H3,(H,34,39). The van der Waals surface area contributed by atoms with Gasteiger partial charge in [0.15, 0.2) is 5.16 Å². The molecule has 0 bridgehead atoms. The molecule has 0 aliphatic carbocycles. The fourth-order valence-electron chi connectivity index (χ4n) is 5.19. The summed E-state index contributed by atoms with van der Waals surface area (Å²) in [6.07, 6.45) is 0. The van der Waals surface area contributed by atoms with Crippen molar-refractivity contribution in [3.63, 3.8) is 0 Å². The summed E-state index contributed by atoms with van der Waals surface area (Å²) in [6, 6.07) is 21.5. The number of hydrogen-bond donors (Lipinski definition) is 1. The Morgan fingerprint density at radius 1 is 1.04 bits per heavy atom. The lowest BCUT2D eigenvalue weighted by atomic mass is 10.2. The summed E-state index contributed by atoms with van der Waals surface area (Å²) in [4.78, 5) is 31.9. The number of nitrogens with zero attached hydrogens (tertiary/aromatic N) is 5. The monoisotopic (exact) mass is 648 g/mol. The molecule has 1 unspecified atom stereocenters. The maximum atomic E-state index is 13.6. The molecule has 0 fully saturated rings. The van der Waals surface area contributed by atoms with Crippen molar-refractivity contribution in [2.24, 2.45) is 7.05 Å². The third-order valence-electron chi connectivity index (χ3n) is 7.72. The summed E-state index contributed by atoms with van der Waals surface area (Å²) >= 11 is 1.19. The zero-order valence-corrected chi connectivity index (χ0v) is 27.6. The average Bonchev–Trinajstić information content (AvgIpc) is 3.50. The highest BCUT2D eigenvalue weighted by atomic mass is 32.2. The summed E-state index contributed by atoms with van der Waals surface area (Å²) in [5.41, 5.74) is 2.94. The Labute approximate surface area is 266 Å². The molecule has 1 amide bonds. The highest BCUT2D eigenvalue weighted by Gasteiger charge is 2.27. The van der Waals surface area contributed by atoms with Gasteiger partial charge in [0.1, 0.15) is 11.4 Å². The van der Waals surface area contributed by atoms with Gasteiger partial charge >= 0.3 is 0 Å². The van der Waals surface area contributed by atoms with Crippen molar-refractivity contribution in [1.29, 1.82) is 0 Å². The quantitative estimate of drug-likeness (QED) is 0.201. The second-order valence-corrected chi connectivity index (χ2v) is 13.6. The molecule has 0 saturated carbocycles. The summed E-state index contributed by atoms with van der Waals surface area (Å²) in [6.45, 7) is 7.79. The van der Waals surface area contributed by atoms with Gasteiger partial charge < -0.3 is 10.1 Å². The van der Waals surface area contributed by atoms with E-state index in [2.05, 4.69) is 5.32 Å². The minimum absolute atomic E-state index is 0.139. The van der Waals surface area contributed by atoms with Crippen LogP contribution in [0.5, 0.6) is 5.75 Å². The van der Waals surface area contributed by atoms with Crippen LogP contribution in [0.15, 0.2) is 87.6 Å². The maximum absolute atomic E-state index is 13.6. The number of benzene rings is 3. The zero-order valence-electron chi connectivity index (χ0n) is 26.0. The molecule has 1 N–H and O–H groups in total. The van der Waals surface area contributed by atoms with Gasteiger partial charge in [-0.25, -0.2) is 18.1 Å². The van der Waals surface area contributed by atoms with Crippen molar-refractivity contribution in [1.82, 2.24) is 23.2 Å². The predicted octanol–water partition coefficient (Wildman–Crippen LogP) is 4.98. The lowest BCUT2D eigenvalue weighted by Crippen LogP contribution is -2.30. The number of hydrogen-bond acceptors (Lipinski definition) is 7. The second kappa shape index (κ2) is 13.0. The molecule has 11 nitrogen and oxygen atoms in total. The predicted molar refractivity (Wildman–Crippen MR) is 177 cm³/mol. The van der Waals surface area contributed by atoms with Crippen molar-refractivity contribution in [3.8, 4) is 17.1 Å². The van der Waals surface area contributed by atoms with E-state index in [0.717, 1.165) is 0 Å². The molecule has 1 atom stereocenters. The minimum atomic E-state index is -3.72. The number of nitrogens with one attached hydrogen (secondary N) is 1. The Balaban J connectivity index is 1.53. The molecule has 0 saturated heterocycles. The molecule has 5 aromatic rings. The number of amides is 1. The van der Waals surface area contributed by atoms with E-state index in [0.29, 0.717) is 52.1 Å². The van der Waals surface area contributed by atoms with Crippen LogP contribution in [0.2, 0.25) is 0 Å². The normalized spacial score (nSPS) is 12.5. The number of imidazole rings is 1. The molecular formula is C32H36N6O5S2. The van der Waals surface area contributed by atoms with Crippen LogP contribution in [0, 0.1) is 6.92 Å². The van der Waals surface area contributed by atoms with Gasteiger partial charge in [-0.15, -0.1) is 0 Å². The van der Waals surface area contributed by atoms with Gasteiger partial charge in [-0.05, 0) is 56.3 Å². The van der Waals surface area contributed by atoms with Gasteiger partial charge in [0.05, 0.1) is 45.4 Å². The third-order valence-corrected chi connectivity index (χ3v) is 10.8. The molecule has 0 spiro atoms. The topological polar surface area (TPSA) is 120 Å². The molecule has 0 aliphatic heterocycles. The smallest absolute Gasteiger partial charge is 0.295 e. The lowest BCUT2D eigenvalue weighted by molar-refractivity contribution is -0.115. The Kier molecular flexibility index (Phi) is 9.23.